The van der Waals surface area contributed by atoms with Gasteiger partial charge in [-0.15, -0.1) is 0 Å². The van der Waals surface area contributed by atoms with Crippen LogP contribution in [-0.2, 0) is 0 Å². The largest absolute Gasteiger partial charge is 0.294 e. The molecule has 5 heteroatoms. The Bertz CT molecular complexity index is 613. The topological polar surface area (TPSA) is 54.4 Å². The summed E-state index contributed by atoms with van der Waals surface area (Å²) >= 11 is 1.39. The number of anilines is 1. The molecule has 2 aliphatic rings. The smallest absolute Gasteiger partial charge is 0.204 e. The van der Waals surface area contributed by atoms with Crippen LogP contribution in [-0.4, -0.2) is 16.5 Å². The highest BCUT2D eigenvalue weighted by molar-refractivity contribution is 7.17. The first-order valence-electron chi connectivity index (χ1n) is 7.61. The molecular formula is C16H23N3OS. The maximum absolute atomic E-state index is 11.5. The predicted molar refractivity (Wildman–Crippen MR) is 87.1 cm³/mol. The van der Waals surface area contributed by atoms with Crippen molar-refractivity contribution in [3.8, 4) is 0 Å². The summed E-state index contributed by atoms with van der Waals surface area (Å²) in [5.41, 5.74) is 5.58. The van der Waals surface area contributed by atoms with Crippen molar-refractivity contribution in [3.63, 3.8) is 0 Å². The van der Waals surface area contributed by atoms with Crippen LogP contribution in [0.15, 0.2) is 5.10 Å². The molecule has 2 saturated carbocycles. The molecule has 0 aromatic carbocycles. The molecule has 4 nitrogen and oxygen atoms in total. The lowest BCUT2D eigenvalue weighted by Gasteiger charge is -2.36. The number of carbonyl (C=O) groups is 1. The molecule has 114 valence electrons. The minimum atomic E-state index is 0.0704. The molecule has 1 aromatic rings. The first-order valence-corrected chi connectivity index (χ1v) is 8.43. The average molecular weight is 305 g/mol. The monoisotopic (exact) mass is 305 g/mol. The summed E-state index contributed by atoms with van der Waals surface area (Å²) in [6.45, 7) is 10.6. The Morgan fingerprint density at radius 2 is 2.19 bits per heavy atom. The van der Waals surface area contributed by atoms with Crippen molar-refractivity contribution < 1.29 is 4.79 Å². The van der Waals surface area contributed by atoms with Crippen molar-refractivity contribution >= 4 is 28.0 Å². The Morgan fingerprint density at radius 1 is 1.48 bits per heavy atom. The molecule has 0 aliphatic heterocycles. The van der Waals surface area contributed by atoms with Gasteiger partial charge in [-0.05, 0) is 37.0 Å². The number of nitrogens with zero attached hydrogens (tertiary/aromatic N) is 2. The van der Waals surface area contributed by atoms with Crippen LogP contribution in [0.5, 0.6) is 0 Å². The Kier molecular flexibility index (Phi) is 3.43. The number of Topliss-reactive ketones (excluding diaryl/α,β-unsaturated/α-hetero) is 1. The summed E-state index contributed by atoms with van der Waals surface area (Å²) in [6.07, 6.45) is 2.36. The van der Waals surface area contributed by atoms with Gasteiger partial charge in [0.1, 0.15) is 0 Å². The van der Waals surface area contributed by atoms with Crippen molar-refractivity contribution in [2.75, 3.05) is 5.43 Å². The third kappa shape index (κ3) is 2.31. The van der Waals surface area contributed by atoms with Crippen LogP contribution in [0.4, 0.5) is 5.13 Å². The minimum Gasteiger partial charge on any atom is -0.294 e. The van der Waals surface area contributed by atoms with Gasteiger partial charge in [-0.25, -0.2) is 4.98 Å². The first-order chi connectivity index (χ1) is 9.80. The second-order valence-electron chi connectivity index (χ2n) is 7.06. The first kappa shape index (κ1) is 14.7. The average Bonchev–Trinajstić information content (AvgIpc) is 3.03. The van der Waals surface area contributed by atoms with Gasteiger partial charge in [-0.2, -0.15) is 5.10 Å². The molecule has 1 N–H and O–H groups in total. The van der Waals surface area contributed by atoms with E-state index in [-0.39, 0.29) is 5.78 Å². The van der Waals surface area contributed by atoms with Gasteiger partial charge < -0.3 is 0 Å². The molecule has 21 heavy (non-hydrogen) atoms. The van der Waals surface area contributed by atoms with Crippen molar-refractivity contribution in [1.82, 2.24) is 4.98 Å². The lowest BCUT2D eigenvalue weighted by atomic mass is 9.69. The van der Waals surface area contributed by atoms with E-state index in [1.165, 1.54) is 23.5 Å². The lowest BCUT2D eigenvalue weighted by molar-refractivity contribution is 0.102. The van der Waals surface area contributed by atoms with E-state index in [1.54, 1.807) is 6.92 Å². The SMILES string of the molecule is CC(=O)c1sc(N/N=C2/C[C@H]3C[C@@H]2[C@@H](C)C3(C)C)nc1C. The van der Waals surface area contributed by atoms with Gasteiger partial charge >= 0.3 is 0 Å². The van der Waals surface area contributed by atoms with E-state index in [1.807, 2.05) is 6.92 Å². The number of nitrogens with one attached hydrogen (secondary N) is 1. The Morgan fingerprint density at radius 3 is 2.71 bits per heavy atom. The Balaban J connectivity index is 1.74. The third-order valence-electron chi connectivity index (χ3n) is 5.66. The van der Waals surface area contributed by atoms with Crippen LogP contribution >= 0.6 is 11.3 Å². The lowest BCUT2D eigenvalue weighted by Crippen LogP contribution is -2.33. The summed E-state index contributed by atoms with van der Waals surface area (Å²) in [7, 11) is 0. The van der Waals surface area contributed by atoms with Crippen LogP contribution in [0.2, 0.25) is 0 Å². The molecule has 0 radical (unpaired) electrons. The number of aromatic nitrogens is 1. The molecule has 0 spiro atoms. The molecule has 3 atom stereocenters. The van der Waals surface area contributed by atoms with Gasteiger partial charge in [-0.1, -0.05) is 32.1 Å². The van der Waals surface area contributed by atoms with Gasteiger partial charge in [0.2, 0.25) is 5.13 Å². The molecule has 2 aliphatic carbocycles. The van der Waals surface area contributed by atoms with E-state index in [4.69, 9.17) is 0 Å². The molecule has 2 fully saturated rings. The fraction of sp³-hybridized carbons (Fsp3) is 0.688. The van der Waals surface area contributed by atoms with E-state index < -0.39 is 0 Å². The second-order valence-corrected chi connectivity index (χ2v) is 8.06. The van der Waals surface area contributed by atoms with Crippen LogP contribution < -0.4 is 5.43 Å². The number of fused-ring (bicyclic) bond motifs is 2. The molecule has 3 rings (SSSR count). The highest BCUT2D eigenvalue weighted by Gasteiger charge is 2.53. The van der Waals surface area contributed by atoms with Crippen LogP contribution in [0.25, 0.3) is 0 Å². The van der Waals surface area contributed by atoms with Crippen LogP contribution in [0.3, 0.4) is 0 Å². The standard InChI is InChI=1S/C16H23N3OS/c1-8-12-6-11(16(8,4)5)7-13(12)18-19-15-17-9(2)14(21-15)10(3)20/h8,11-12H,6-7H2,1-5H3,(H,17,19)/b18-13-/t8-,11-,12-/m1/s1. The van der Waals surface area contributed by atoms with Crippen molar-refractivity contribution in [2.45, 2.75) is 47.5 Å². The highest BCUT2D eigenvalue weighted by atomic mass is 32.1. The zero-order valence-corrected chi connectivity index (χ0v) is 14.2. The fourth-order valence-electron chi connectivity index (χ4n) is 3.90. The highest BCUT2D eigenvalue weighted by Crippen LogP contribution is 2.57. The third-order valence-corrected chi connectivity index (χ3v) is 6.83. The normalized spacial score (nSPS) is 31.9. The number of hydrogen-bond acceptors (Lipinski definition) is 5. The second kappa shape index (κ2) is 4.90. The van der Waals surface area contributed by atoms with E-state index in [9.17, 15) is 4.79 Å². The van der Waals surface area contributed by atoms with Crippen LogP contribution in [0.1, 0.15) is 55.9 Å². The quantitative estimate of drug-likeness (QED) is 0.675. The molecule has 0 saturated heterocycles. The van der Waals surface area contributed by atoms with Gasteiger partial charge in [-0.3, -0.25) is 10.2 Å². The summed E-state index contributed by atoms with van der Waals surface area (Å²) in [5, 5.41) is 5.33. The Labute approximate surface area is 130 Å². The maximum Gasteiger partial charge on any atom is 0.204 e. The van der Waals surface area contributed by atoms with Crippen molar-refractivity contribution in [1.29, 1.82) is 0 Å². The molecular weight excluding hydrogens is 282 g/mol. The van der Waals surface area contributed by atoms with E-state index in [0.717, 1.165) is 28.0 Å². The van der Waals surface area contributed by atoms with E-state index >= 15 is 0 Å². The van der Waals surface area contributed by atoms with Gasteiger partial charge in [0.25, 0.3) is 0 Å². The summed E-state index contributed by atoms with van der Waals surface area (Å²) in [6, 6.07) is 0. The Hall–Kier alpha value is -1.23. The molecule has 0 amide bonds. The molecule has 0 unspecified atom stereocenters. The zero-order valence-electron chi connectivity index (χ0n) is 13.4. The summed E-state index contributed by atoms with van der Waals surface area (Å²) in [5.74, 6) is 2.11. The molecule has 1 aromatic heterocycles. The number of hydrogen-bond donors (Lipinski definition) is 1. The number of thiazole rings is 1. The van der Waals surface area contributed by atoms with Gasteiger partial charge in [0.15, 0.2) is 5.78 Å². The van der Waals surface area contributed by atoms with Gasteiger partial charge in [0, 0.05) is 18.6 Å². The number of rotatable bonds is 3. The van der Waals surface area contributed by atoms with Crippen molar-refractivity contribution in [2.24, 2.45) is 28.3 Å². The number of carbonyl (C=O) groups excluding carboxylic acids is 1. The summed E-state index contributed by atoms with van der Waals surface area (Å²) < 4.78 is 0. The van der Waals surface area contributed by atoms with Gasteiger partial charge in [0.05, 0.1) is 10.6 Å². The van der Waals surface area contributed by atoms with Crippen LogP contribution in [0, 0.1) is 30.1 Å². The van der Waals surface area contributed by atoms with E-state index in [0.29, 0.717) is 17.3 Å². The maximum atomic E-state index is 11.5. The minimum absolute atomic E-state index is 0.0704. The fourth-order valence-corrected chi connectivity index (χ4v) is 4.70. The predicted octanol–water partition coefficient (Wildman–Crippen LogP) is 4.12. The number of ketones is 1. The molecule has 2 bridgehead atoms. The number of aryl methyl sites for hydroxylation is 1. The molecule has 1 heterocycles. The summed E-state index contributed by atoms with van der Waals surface area (Å²) in [4.78, 5) is 16.6. The van der Waals surface area contributed by atoms with Crippen molar-refractivity contribution in [3.05, 3.63) is 10.6 Å². The van der Waals surface area contributed by atoms with E-state index in [2.05, 4.69) is 36.3 Å². The zero-order chi connectivity index (χ0) is 15.4. The number of hydrazone groups is 1.